The summed E-state index contributed by atoms with van der Waals surface area (Å²) in [5.74, 6) is 0.639. The Labute approximate surface area is 234 Å². The number of aliphatic carboxylic acids is 2. The quantitative estimate of drug-likeness (QED) is 0.292. The maximum absolute atomic E-state index is 12.0. The summed E-state index contributed by atoms with van der Waals surface area (Å²) < 4.78 is 32.6. The second-order valence-corrected chi connectivity index (χ2v) is 9.04. The van der Waals surface area contributed by atoms with Crippen LogP contribution in [-0.2, 0) is 22.7 Å². The maximum atomic E-state index is 12.0. The van der Waals surface area contributed by atoms with Crippen molar-refractivity contribution in [3.05, 3.63) is 35.4 Å². The molecular formula is C28H40N2O10. The number of carboxylic acids is 2. The van der Waals surface area contributed by atoms with E-state index in [0.29, 0.717) is 34.5 Å². The van der Waals surface area contributed by atoms with Gasteiger partial charge in [0.05, 0.1) is 42.7 Å². The van der Waals surface area contributed by atoms with Gasteiger partial charge in [-0.1, -0.05) is 0 Å². The third kappa shape index (κ3) is 7.82. The van der Waals surface area contributed by atoms with Gasteiger partial charge in [0.15, 0.2) is 23.0 Å². The normalized spacial score (nSPS) is 12.6. The van der Waals surface area contributed by atoms with E-state index in [2.05, 4.69) is 0 Å². The molecule has 2 unspecified atom stereocenters. The van der Waals surface area contributed by atoms with Crippen molar-refractivity contribution in [3.63, 3.8) is 0 Å². The van der Waals surface area contributed by atoms with E-state index < -0.39 is 24.0 Å². The molecule has 2 rings (SSSR count). The molecule has 12 nitrogen and oxygen atoms in total. The molecule has 0 radical (unpaired) electrons. The van der Waals surface area contributed by atoms with Crippen molar-refractivity contribution in [1.82, 2.24) is 9.80 Å². The first-order chi connectivity index (χ1) is 19.0. The number of nitrogens with zero attached hydrogens (tertiary/aromatic N) is 2. The molecular weight excluding hydrogens is 524 g/mol. The van der Waals surface area contributed by atoms with Crippen LogP contribution in [-0.4, -0.2) is 99.8 Å². The lowest BCUT2D eigenvalue weighted by atomic mass is 10.1. The number of hydrogen-bond acceptors (Lipinski definition) is 10. The molecule has 0 fully saturated rings. The summed E-state index contributed by atoms with van der Waals surface area (Å²) in [6.07, 6.45) is 0. The van der Waals surface area contributed by atoms with Crippen molar-refractivity contribution in [2.75, 3.05) is 55.7 Å². The molecule has 2 atom stereocenters. The van der Waals surface area contributed by atoms with Gasteiger partial charge in [-0.25, -0.2) is 0 Å². The zero-order valence-corrected chi connectivity index (χ0v) is 24.3. The zero-order chi connectivity index (χ0) is 30.0. The molecule has 40 heavy (non-hydrogen) atoms. The number of benzene rings is 2. The highest BCUT2D eigenvalue weighted by molar-refractivity contribution is 5.73. The van der Waals surface area contributed by atoms with Crippen LogP contribution in [0.25, 0.3) is 0 Å². The molecule has 0 saturated heterocycles. The van der Waals surface area contributed by atoms with E-state index in [1.165, 1.54) is 42.7 Å². The van der Waals surface area contributed by atoms with Gasteiger partial charge >= 0.3 is 11.9 Å². The van der Waals surface area contributed by atoms with Crippen LogP contribution in [0.15, 0.2) is 24.3 Å². The first kappa shape index (κ1) is 32.3. The van der Waals surface area contributed by atoms with E-state index in [0.717, 1.165) is 11.1 Å². The minimum atomic E-state index is -1.00. The fourth-order valence-electron chi connectivity index (χ4n) is 4.31. The molecule has 0 bridgehead atoms. The summed E-state index contributed by atoms with van der Waals surface area (Å²) in [5, 5.41) is 19.6. The van der Waals surface area contributed by atoms with E-state index in [1.807, 2.05) is 0 Å². The Balaban J connectivity index is 2.39. The minimum Gasteiger partial charge on any atom is -0.493 e. The summed E-state index contributed by atoms with van der Waals surface area (Å²) in [6, 6.07) is 5.32. The minimum absolute atomic E-state index is 0.240. The molecule has 0 amide bonds. The van der Waals surface area contributed by atoms with E-state index >= 15 is 0 Å². The van der Waals surface area contributed by atoms with Gasteiger partial charge in [-0.05, 0) is 49.2 Å². The van der Waals surface area contributed by atoms with Crippen molar-refractivity contribution in [1.29, 1.82) is 0 Å². The van der Waals surface area contributed by atoms with Gasteiger partial charge in [0.2, 0.25) is 11.5 Å². The van der Waals surface area contributed by atoms with Gasteiger partial charge in [-0.15, -0.1) is 0 Å². The van der Waals surface area contributed by atoms with Crippen LogP contribution in [0, 0.1) is 0 Å². The zero-order valence-electron chi connectivity index (χ0n) is 24.3. The molecule has 0 aliphatic heterocycles. The number of rotatable bonds is 17. The smallest absolute Gasteiger partial charge is 0.320 e. The molecule has 12 heteroatoms. The Kier molecular flexibility index (Phi) is 12.1. The van der Waals surface area contributed by atoms with Crippen molar-refractivity contribution < 1.29 is 48.2 Å². The number of carboxylic acid groups (broad SMARTS) is 2. The van der Waals surface area contributed by atoms with Crippen LogP contribution in [0.2, 0.25) is 0 Å². The predicted molar refractivity (Wildman–Crippen MR) is 147 cm³/mol. The standard InChI is InChI=1S/C28H40N2O10/c1-17(27(31)32)29(15-19-11-21(35-3)25(39-7)22(12-19)36-4)9-10-30(18(2)28(33)34)16-20-13-23(37-5)26(40-8)24(14-20)38-6/h11-14,17-18H,9-10,15-16H2,1-8H3,(H,31,32)(H,33,34). The van der Waals surface area contributed by atoms with Crippen LogP contribution in [0.3, 0.4) is 0 Å². The molecule has 2 aromatic carbocycles. The summed E-state index contributed by atoms with van der Waals surface area (Å²) in [4.78, 5) is 27.5. The number of methoxy groups -OCH3 is 6. The fraction of sp³-hybridized carbons (Fsp3) is 0.500. The highest BCUT2D eigenvalue weighted by atomic mass is 16.5. The summed E-state index contributed by atoms with van der Waals surface area (Å²) in [6.45, 7) is 4.17. The fourth-order valence-corrected chi connectivity index (χ4v) is 4.31. The first-order valence-electron chi connectivity index (χ1n) is 12.6. The Bertz CT molecular complexity index is 1020. The number of hydrogen-bond donors (Lipinski definition) is 2. The topological polar surface area (TPSA) is 136 Å². The Hall–Kier alpha value is -3.90. The first-order valence-corrected chi connectivity index (χ1v) is 12.6. The summed E-state index contributed by atoms with van der Waals surface area (Å²) in [5.41, 5.74) is 1.48. The molecule has 2 N–H and O–H groups in total. The van der Waals surface area contributed by atoms with Crippen LogP contribution >= 0.6 is 0 Å². The lowest BCUT2D eigenvalue weighted by Crippen LogP contribution is -2.46. The van der Waals surface area contributed by atoms with Gasteiger partial charge in [0, 0.05) is 26.2 Å². The molecule has 2 aromatic rings. The van der Waals surface area contributed by atoms with Gasteiger partial charge in [0.25, 0.3) is 0 Å². The predicted octanol–water partition coefficient (Wildman–Crippen LogP) is 2.99. The molecule has 0 aliphatic carbocycles. The van der Waals surface area contributed by atoms with Gasteiger partial charge in [0.1, 0.15) is 12.1 Å². The Morgan fingerprint density at radius 2 is 0.875 bits per heavy atom. The largest absolute Gasteiger partial charge is 0.493 e. The number of ether oxygens (including phenoxy) is 6. The summed E-state index contributed by atoms with van der Waals surface area (Å²) in [7, 11) is 9.04. The van der Waals surface area contributed by atoms with Crippen molar-refractivity contribution in [2.45, 2.75) is 39.0 Å². The summed E-state index contributed by atoms with van der Waals surface area (Å²) >= 11 is 0. The van der Waals surface area contributed by atoms with Gasteiger partial charge < -0.3 is 38.6 Å². The third-order valence-corrected chi connectivity index (χ3v) is 6.71. The van der Waals surface area contributed by atoms with E-state index in [1.54, 1.807) is 47.9 Å². The average Bonchev–Trinajstić information content (AvgIpc) is 2.95. The number of carbonyl (C=O) groups is 2. The molecule has 0 heterocycles. The van der Waals surface area contributed by atoms with Crippen molar-refractivity contribution in [2.24, 2.45) is 0 Å². The van der Waals surface area contributed by atoms with E-state index in [-0.39, 0.29) is 26.2 Å². The SMILES string of the molecule is COc1cc(CN(CCN(Cc2cc(OC)c(OC)c(OC)c2)C(C)C(=O)O)C(C)C(=O)O)cc(OC)c1OC. The maximum Gasteiger partial charge on any atom is 0.320 e. The molecule has 0 aromatic heterocycles. The Morgan fingerprint density at radius 3 is 1.07 bits per heavy atom. The van der Waals surface area contributed by atoms with E-state index in [9.17, 15) is 19.8 Å². The van der Waals surface area contributed by atoms with Gasteiger partial charge in [-0.2, -0.15) is 0 Å². The molecule has 0 saturated carbocycles. The highest BCUT2D eigenvalue weighted by Crippen LogP contribution is 2.39. The van der Waals surface area contributed by atoms with Crippen LogP contribution in [0.5, 0.6) is 34.5 Å². The van der Waals surface area contributed by atoms with Crippen molar-refractivity contribution in [3.8, 4) is 34.5 Å². The van der Waals surface area contributed by atoms with Crippen molar-refractivity contribution >= 4 is 11.9 Å². The highest BCUT2D eigenvalue weighted by Gasteiger charge is 2.27. The molecule has 0 aliphatic rings. The second-order valence-electron chi connectivity index (χ2n) is 9.04. The lowest BCUT2D eigenvalue weighted by Gasteiger charge is -2.32. The second kappa shape index (κ2) is 15.0. The van der Waals surface area contributed by atoms with Gasteiger partial charge in [-0.3, -0.25) is 19.4 Å². The van der Waals surface area contributed by atoms with Crippen LogP contribution in [0.4, 0.5) is 0 Å². The Morgan fingerprint density at radius 1 is 0.600 bits per heavy atom. The van der Waals surface area contributed by atoms with E-state index in [4.69, 9.17) is 28.4 Å². The average molecular weight is 565 g/mol. The third-order valence-electron chi connectivity index (χ3n) is 6.71. The lowest BCUT2D eigenvalue weighted by molar-refractivity contribution is -0.145. The molecule has 0 spiro atoms. The van der Waals surface area contributed by atoms with Crippen LogP contribution < -0.4 is 28.4 Å². The molecule has 222 valence electrons. The van der Waals surface area contributed by atoms with Crippen LogP contribution in [0.1, 0.15) is 25.0 Å². The monoisotopic (exact) mass is 564 g/mol.